The van der Waals surface area contributed by atoms with Gasteiger partial charge in [0.1, 0.15) is 0 Å². The average Bonchev–Trinajstić information content (AvgIpc) is 2.64. The van der Waals surface area contributed by atoms with E-state index in [-0.39, 0.29) is 17.2 Å². The minimum absolute atomic E-state index is 0.0964. The Morgan fingerprint density at radius 3 is 2.67 bits per heavy atom. The van der Waals surface area contributed by atoms with Crippen LogP contribution in [0, 0.1) is 13.8 Å². The summed E-state index contributed by atoms with van der Waals surface area (Å²) >= 11 is 4.66. The van der Waals surface area contributed by atoms with Gasteiger partial charge in [0.25, 0.3) is 5.56 Å². The highest BCUT2D eigenvalue weighted by Gasteiger charge is 2.13. The number of aromatic nitrogens is 2. The molecule has 0 saturated heterocycles. The SMILES string of the molecule is CCn1c(SCC(=O)Nc2ccc(C)c(C)c2)nc2ccc(Br)cc2c1=O. The molecule has 0 fully saturated rings. The van der Waals surface area contributed by atoms with Gasteiger partial charge < -0.3 is 5.32 Å². The number of halogens is 1. The van der Waals surface area contributed by atoms with E-state index in [4.69, 9.17) is 0 Å². The predicted molar refractivity (Wildman–Crippen MR) is 115 cm³/mol. The maximum absolute atomic E-state index is 12.7. The Bertz CT molecular complexity index is 1080. The molecule has 140 valence electrons. The van der Waals surface area contributed by atoms with Crippen molar-refractivity contribution in [3.63, 3.8) is 0 Å². The molecule has 7 heteroatoms. The molecular weight excluding hydrogens is 426 g/mol. The number of nitrogens with zero attached hydrogens (tertiary/aromatic N) is 2. The molecule has 1 N–H and O–H groups in total. The molecule has 0 aliphatic rings. The lowest BCUT2D eigenvalue weighted by atomic mass is 10.1. The van der Waals surface area contributed by atoms with Crippen LogP contribution in [0.15, 0.2) is 50.8 Å². The maximum Gasteiger partial charge on any atom is 0.262 e. The van der Waals surface area contributed by atoms with Gasteiger partial charge in [0.15, 0.2) is 5.16 Å². The number of hydrogen-bond acceptors (Lipinski definition) is 4. The van der Waals surface area contributed by atoms with Gasteiger partial charge in [0.2, 0.25) is 5.91 Å². The van der Waals surface area contributed by atoms with Gasteiger partial charge in [-0.3, -0.25) is 14.2 Å². The topological polar surface area (TPSA) is 64.0 Å². The van der Waals surface area contributed by atoms with Crippen molar-refractivity contribution >= 4 is 50.2 Å². The first kappa shape index (κ1) is 19.6. The predicted octanol–water partition coefficient (Wildman–Crippen LogP) is 4.53. The van der Waals surface area contributed by atoms with Crippen molar-refractivity contribution in [1.82, 2.24) is 9.55 Å². The Hall–Kier alpha value is -2.12. The van der Waals surface area contributed by atoms with E-state index in [9.17, 15) is 9.59 Å². The standard InChI is InChI=1S/C20H20BrN3O2S/c1-4-24-19(26)16-10-14(21)6-8-17(16)23-20(24)27-11-18(25)22-15-7-5-12(2)13(3)9-15/h5-10H,4,11H2,1-3H3,(H,22,25). The Kier molecular flexibility index (Phi) is 6.01. The molecule has 27 heavy (non-hydrogen) atoms. The molecule has 0 aliphatic carbocycles. The van der Waals surface area contributed by atoms with Crippen molar-refractivity contribution in [3.8, 4) is 0 Å². The molecule has 1 heterocycles. The van der Waals surface area contributed by atoms with Crippen molar-refractivity contribution < 1.29 is 4.79 Å². The largest absolute Gasteiger partial charge is 0.325 e. The average molecular weight is 446 g/mol. The summed E-state index contributed by atoms with van der Waals surface area (Å²) in [5.74, 6) is 0.0533. The quantitative estimate of drug-likeness (QED) is 0.462. The van der Waals surface area contributed by atoms with E-state index >= 15 is 0 Å². The molecular formula is C20H20BrN3O2S. The first-order valence-corrected chi connectivity index (χ1v) is 10.4. The van der Waals surface area contributed by atoms with Crippen LogP contribution in [-0.4, -0.2) is 21.2 Å². The number of rotatable bonds is 5. The second-order valence-corrected chi connectivity index (χ2v) is 8.10. The van der Waals surface area contributed by atoms with Gasteiger partial charge in [0.05, 0.1) is 16.7 Å². The normalized spacial score (nSPS) is 11.0. The molecule has 3 rings (SSSR count). The van der Waals surface area contributed by atoms with Gasteiger partial charge in [-0.05, 0) is 62.2 Å². The molecule has 5 nitrogen and oxygen atoms in total. The van der Waals surface area contributed by atoms with E-state index in [1.54, 1.807) is 16.7 Å². The molecule has 1 amide bonds. The summed E-state index contributed by atoms with van der Waals surface area (Å²) in [4.78, 5) is 29.6. The first-order chi connectivity index (χ1) is 12.9. The number of carbonyl (C=O) groups excluding carboxylic acids is 1. The van der Waals surface area contributed by atoms with Gasteiger partial charge >= 0.3 is 0 Å². The summed E-state index contributed by atoms with van der Waals surface area (Å²) in [6.07, 6.45) is 0. The zero-order valence-electron chi connectivity index (χ0n) is 15.4. The van der Waals surface area contributed by atoms with E-state index < -0.39 is 0 Å². The number of hydrogen-bond donors (Lipinski definition) is 1. The number of amides is 1. The lowest BCUT2D eigenvalue weighted by Crippen LogP contribution is -2.23. The number of fused-ring (bicyclic) bond motifs is 1. The van der Waals surface area contributed by atoms with Gasteiger partial charge in [0, 0.05) is 16.7 Å². The van der Waals surface area contributed by atoms with Crippen molar-refractivity contribution in [1.29, 1.82) is 0 Å². The third-order valence-electron chi connectivity index (χ3n) is 4.32. The van der Waals surface area contributed by atoms with Crippen molar-refractivity contribution in [3.05, 3.63) is 62.4 Å². The molecule has 2 aromatic carbocycles. The van der Waals surface area contributed by atoms with Crippen LogP contribution in [0.25, 0.3) is 10.9 Å². The van der Waals surface area contributed by atoms with Crippen LogP contribution in [-0.2, 0) is 11.3 Å². The summed E-state index contributed by atoms with van der Waals surface area (Å²) < 4.78 is 2.44. The van der Waals surface area contributed by atoms with E-state index in [1.807, 2.05) is 45.0 Å². The second kappa shape index (κ2) is 8.27. The minimum atomic E-state index is -0.129. The lowest BCUT2D eigenvalue weighted by molar-refractivity contribution is -0.113. The van der Waals surface area contributed by atoms with Crippen LogP contribution in [0.2, 0.25) is 0 Å². The smallest absolute Gasteiger partial charge is 0.262 e. The third kappa shape index (κ3) is 4.42. The number of aryl methyl sites for hydroxylation is 2. The van der Waals surface area contributed by atoms with Gasteiger partial charge in [-0.25, -0.2) is 4.98 Å². The Morgan fingerprint density at radius 2 is 1.96 bits per heavy atom. The Morgan fingerprint density at radius 1 is 1.19 bits per heavy atom. The molecule has 0 aliphatic heterocycles. The fourth-order valence-corrected chi connectivity index (χ4v) is 3.93. The molecule has 0 spiro atoms. The molecule has 3 aromatic rings. The van der Waals surface area contributed by atoms with Crippen molar-refractivity contribution in [2.45, 2.75) is 32.5 Å². The van der Waals surface area contributed by atoms with Crippen LogP contribution >= 0.6 is 27.7 Å². The van der Waals surface area contributed by atoms with Crippen LogP contribution in [0.5, 0.6) is 0 Å². The molecule has 0 radical (unpaired) electrons. The zero-order chi connectivity index (χ0) is 19.6. The molecule has 1 aromatic heterocycles. The van der Waals surface area contributed by atoms with Crippen LogP contribution < -0.4 is 10.9 Å². The highest BCUT2D eigenvalue weighted by molar-refractivity contribution is 9.10. The maximum atomic E-state index is 12.7. The van der Waals surface area contributed by atoms with Gasteiger partial charge in [-0.1, -0.05) is 33.8 Å². The third-order valence-corrected chi connectivity index (χ3v) is 5.79. The van der Waals surface area contributed by atoms with Gasteiger partial charge in [-0.15, -0.1) is 0 Å². The minimum Gasteiger partial charge on any atom is -0.325 e. The first-order valence-electron chi connectivity index (χ1n) is 8.59. The fraction of sp³-hybridized carbons (Fsp3) is 0.250. The number of anilines is 1. The number of thioether (sulfide) groups is 1. The monoisotopic (exact) mass is 445 g/mol. The highest BCUT2D eigenvalue weighted by Crippen LogP contribution is 2.21. The van der Waals surface area contributed by atoms with E-state index in [1.165, 1.54) is 17.3 Å². The summed E-state index contributed by atoms with van der Waals surface area (Å²) in [7, 11) is 0. The zero-order valence-corrected chi connectivity index (χ0v) is 17.8. The van der Waals surface area contributed by atoms with Crippen LogP contribution in [0.3, 0.4) is 0 Å². The number of benzene rings is 2. The highest BCUT2D eigenvalue weighted by atomic mass is 79.9. The van der Waals surface area contributed by atoms with E-state index in [0.717, 1.165) is 15.7 Å². The van der Waals surface area contributed by atoms with Crippen LogP contribution in [0.1, 0.15) is 18.1 Å². The van der Waals surface area contributed by atoms with Crippen molar-refractivity contribution in [2.24, 2.45) is 0 Å². The summed E-state index contributed by atoms with van der Waals surface area (Å²) in [6.45, 7) is 6.43. The summed E-state index contributed by atoms with van der Waals surface area (Å²) in [6, 6.07) is 11.3. The number of nitrogens with one attached hydrogen (secondary N) is 1. The van der Waals surface area contributed by atoms with E-state index in [0.29, 0.717) is 22.6 Å². The summed E-state index contributed by atoms with van der Waals surface area (Å²) in [5, 5.41) is 4.01. The summed E-state index contributed by atoms with van der Waals surface area (Å²) in [5.41, 5.74) is 3.61. The fourth-order valence-electron chi connectivity index (χ4n) is 2.71. The van der Waals surface area contributed by atoms with Crippen molar-refractivity contribution in [2.75, 3.05) is 11.1 Å². The molecule has 0 saturated carbocycles. The lowest BCUT2D eigenvalue weighted by Gasteiger charge is -2.12. The molecule has 0 atom stereocenters. The van der Waals surface area contributed by atoms with E-state index in [2.05, 4.69) is 26.2 Å². The van der Waals surface area contributed by atoms with Gasteiger partial charge in [-0.2, -0.15) is 0 Å². The molecule has 0 bridgehead atoms. The second-order valence-electron chi connectivity index (χ2n) is 6.24. The Balaban J connectivity index is 1.79. The molecule has 0 unspecified atom stereocenters. The number of carbonyl (C=O) groups is 1. The van der Waals surface area contributed by atoms with Crippen LogP contribution in [0.4, 0.5) is 5.69 Å². The Labute approximate surface area is 170 Å².